The number of carbonyl (C=O) groups is 2. The number of halogens is 1. The summed E-state index contributed by atoms with van der Waals surface area (Å²) in [5, 5.41) is 6.35. The average molecular weight is 316 g/mol. The van der Waals surface area contributed by atoms with Crippen molar-refractivity contribution in [1.29, 1.82) is 0 Å². The minimum atomic E-state index is 0. The number of hydrogen-bond acceptors (Lipinski definition) is 3. The molecule has 0 aromatic rings. The van der Waals surface area contributed by atoms with Gasteiger partial charge in [0.05, 0.1) is 0 Å². The maximum absolute atomic E-state index is 12.4. The summed E-state index contributed by atoms with van der Waals surface area (Å²) in [5.74, 6) is 0.719. The molecule has 6 heteroatoms. The van der Waals surface area contributed by atoms with E-state index in [0.717, 1.165) is 51.6 Å². The fourth-order valence-corrected chi connectivity index (χ4v) is 3.46. The Kier molecular flexibility index (Phi) is 5.88. The second kappa shape index (κ2) is 7.45. The molecule has 2 amide bonds. The SMILES string of the molecule is Cl.O=C(NCCCC(=O)N1C2CCNCC1CC2)C1CC1. The van der Waals surface area contributed by atoms with Crippen LogP contribution in [0.4, 0.5) is 0 Å². The van der Waals surface area contributed by atoms with Crippen LogP contribution in [0.3, 0.4) is 0 Å². The molecule has 0 radical (unpaired) electrons. The van der Waals surface area contributed by atoms with Gasteiger partial charge < -0.3 is 15.5 Å². The average Bonchev–Trinajstić information content (AvgIpc) is 3.20. The van der Waals surface area contributed by atoms with Crippen LogP contribution in [0.25, 0.3) is 0 Å². The molecule has 2 heterocycles. The van der Waals surface area contributed by atoms with E-state index >= 15 is 0 Å². The standard InChI is InChI=1S/C15H25N3O2.ClH/c19-14(2-1-8-17-15(20)11-3-4-11)18-12-5-6-13(18)10-16-9-7-12;/h11-13,16H,1-10H2,(H,17,20);1H. The molecular formula is C15H26ClN3O2. The first-order valence-electron chi connectivity index (χ1n) is 8.05. The van der Waals surface area contributed by atoms with Crippen molar-refractivity contribution >= 4 is 24.2 Å². The summed E-state index contributed by atoms with van der Waals surface area (Å²) >= 11 is 0. The van der Waals surface area contributed by atoms with Crippen LogP contribution in [-0.2, 0) is 9.59 Å². The molecule has 5 nitrogen and oxygen atoms in total. The van der Waals surface area contributed by atoms with Crippen LogP contribution in [0.15, 0.2) is 0 Å². The minimum Gasteiger partial charge on any atom is -0.356 e. The van der Waals surface area contributed by atoms with E-state index in [4.69, 9.17) is 0 Å². The topological polar surface area (TPSA) is 61.4 Å². The van der Waals surface area contributed by atoms with Crippen molar-refractivity contribution in [1.82, 2.24) is 15.5 Å². The summed E-state index contributed by atoms with van der Waals surface area (Å²) in [6.07, 6.45) is 6.79. The van der Waals surface area contributed by atoms with Gasteiger partial charge in [0.1, 0.15) is 0 Å². The van der Waals surface area contributed by atoms with Crippen LogP contribution in [-0.4, -0.2) is 48.4 Å². The third-order valence-corrected chi connectivity index (χ3v) is 4.76. The lowest BCUT2D eigenvalue weighted by atomic mass is 10.1. The summed E-state index contributed by atoms with van der Waals surface area (Å²) in [5.41, 5.74) is 0. The zero-order valence-corrected chi connectivity index (χ0v) is 13.3. The van der Waals surface area contributed by atoms with Crippen LogP contribution in [0.2, 0.25) is 0 Å². The van der Waals surface area contributed by atoms with Crippen molar-refractivity contribution in [3.63, 3.8) is 0 Å². The van der Waals surface area contributed by atoms with E-state index in [1.54, 1.807) is 0 Å². The second-order valence-electron chi connectivity index (χ2n) is 6.35. The predicted octanol–water partition coefficient (Wildman–Crippen LogP) is 1.07. The Labute approximate surface area is 132 Å². The summed E-state index contributed by atoms with van der Waals surface area (Å²) in [4.78, 5) is 26.0. The Morgan fingerprint density at radius 3 is 2.62 bits per heavy atom. The van der Waals surface area contributed by atoms with E-state index in [-0.39, 0.29) is 30.1 Å². The Balaban J connectivity index is 0.00000161. The predicted molar refractivity (Wildman–Crippen MR) is 83.4 cm³/mol. The van der Waals surface area contributed by atoms with E-state index in [9.17, 15) is 9.59 Å². The molecule has 3 aliphatic rings. The van der Waals surface area contributed by atoms with E-state index in [0.29, 0.717) is 25.0 Å². The highest BCUT2D eigenvalue weighted by molar-refractivity contribution is 5.85. The van der Waals surface area contributed by atoms with Crippen molar-refractivity contribution in [3.05, 3.63) is 0 Å². The largest absolute Gasteiger partial charge is 0.356 e. The molecule has 0 aromatic heterocycles. The first kappa shape index (κ1) is 16.6. The van der Waals surface area contributed by atoms with Crippen molar-refractivity contribution < 1.29 is 9.59 Å². The van der Waals surface area contributed by atoms with Crippen molar-refractivity contribution in [3.8, 4) is 0 Å². The molecule has 2 bridgehead atoms. The number of amides is 2. The smallest absolute Gasteiger partial charge is 0.223 e. The van der Waals surface area contributed by atoms with E-state index in [2.05, 4.69) is 15.5 Å². The molecule has 21 heavy (non-hydrogen) atoms. The number of carbonyl (C=O) groups excluding carboxylic acids is 2. The fraction of sp³-hybridized carbons (Fsp3) is 0.867. The number of nitrogens with zero attached hydrogens (tertiary/aromatic N) is 1. The van der Waals surface area contributed by atoms with Crippen LogP contribution < -0.4 is 10.6 Å². The molecule has 2 N–H and O–H groups in total. The maximum Gasteiger partial charge on any atom is 0.223 e. The third-order valence-electron chi connectivity index (χ3n) is 4.76. The summed E-state index contributed by atoms with van der Waals surface area (Å²) in [6, 6.07) is 0.847. The number of fused-ring (bicyclic) bond motifs is 2. The zero-order valence-electron chi connectivity index (χ0n) is 12.5. The minimum absolute atomic E-state index is 0. The molecule has 1 aliphatic carbocycles. The lowest BCUT2D eigenvalue weighted by molar-refractivity contribution is -0.134. The van der Waals surface area contributed by atoms with Gasteiger partial charge in [0.2, 0.25) is 11.8 Å². The van der Waals surface area contributed by atoms with Gasteiger partial charge in [-0.25, -0.2) is 0 Å². The van der Waals surface area contributed by atoms with Gasteiger partial charge in [-0.05, 0) is 45.1 Å². The number of hydrogen-bond donors (Lipinski definition) is 2. The quantitative estimate of drug-likeness (QED) is 0.746. The fourth-order valence-electron chi connectivity index (χ4n) is 3.46. The second-order valence-corrected chi connectivity index (χ2v) is 6.35. The zero-order chi connectivity index (χ0) is 13.9. The molecule has 3 fully saturated rings. The Hall–Kier alpha value is -0.810. The van der Waals surface area contributed by atoms with Crippen LogP contribution in [0, 0.1) is 5.92 Å². The van der Waals surface area contributed by atoms with Gasteiger partial charge in [-0.3, -0.25) is 9.59 Å². The number of rotatable bonds is 5. The highest BCUT2D eigenvalue weighted by atomic mass is 35.5. The molecule has 2 saturated heterocycles. The molecule has 2 unspecified atom stereocenters. The normalized spacial score (nSPS) is 27.7. The van der Waals surface area contributed by atoms with Gasteiger partial charge in [-0.2, -0.15) is 0 Å². The van der Waals surface area contributed by atoms with Gasteiger partial charge in [0.25, 0.3) is 0 Å². The van der Waals surface area contributed by atoms with Gasteiger partial charge in [0.15, 0.2) is 0 Å². The Morgan fingerprint density at radius 2 is 1.86 bits per heavy atom. The van der Waals surface area contributed by atoms with E-state index in [1.165, 1.54) is 0 Å². The molecule has 2 atom stereocenters. The van der Waals surface area contributed by atoms with Crippen LogP contribution in [0.1, 0.15) is 44.9 Å². The summed E-state index contributed by atoms with van der Waals surface area (Å²) in [6.45, 7) is 2.62. The third kappa shape index (κ3) is 4.10. The highest BCUT2D eigenvalue weighted by Crippen LogP contribution is 2.29. The first-order chi connectivity index (χ1) is 9.75. The Bertz CT molecular complexity index is 373. The van der Waals surface area contributed by atoms with Crippen molar-refractivity contribution in [2.45, 2.75) is 57.0 Å². The van der Waals surface area contributed by atoms with Gasteiger partial charge in [-0.1, -0.05) is 0 Å². The summed E-state index contributed by atoms with van der Waals surface area (Å²) in [7, 11) is 0. The van der Waals surface area contributed by atoms with Gasteiger partial charge in [-0.15, -0.1) is 12.4 Å². The van der Waals surface area contributed by atoms with Crippen molar-refractivity contribution in [2.24, 2.45) is 5.92 Å². The monoisotopic (exact) mass is 315 g/mol. The first-order valence-corrected chi connectivity index (χ1v) is 8.05. The van der Waals surface area contributed by atoms with E-state index in [1.807, 2.05) is 0 Å². The molecule has 120 valence electrons. The Morgan fingerprint density at radius 1 is 1.10 bits per heavy atom. The molecule has 2 aliphatic heterocycles. The molecule has 1 saturated carbocycles. The maximum atomic E-state index is 12.4. The summed E-state index contributed by atoms with van der Waals surface area (Å²) < 4.78 is 0. The molecular weight excluding hydrogens is 290 g/mol. The van der Waals surface area contributed by atoms with Crippen molar-refractivity contribution in [2.75, 3.05) is 19.6 Å². The molecule has 3 rings (SSSR count). The van der Waals surface area contributed by atoms with Gasteiger partial charge in [0, 0.05) is 37.5 Å². The lowest BCUT2D eigenvalue weighted by Crippen LogP contribution is -2.42. The van der Waals surface area contributed by atoms with Gasteiger partial charge >= 0.3 is 0 Å². The molecule has 0 spiro atoms. The van der Waals surface area contributed by atoms with Crippen LogP contribution >= 0.6 is 12.4 Å². The van der Waals surface area contributed by atoms with E-state index < -0.39 is 0 Å². The molecule has 0 aromatic carbocycles. The highest BCUT2D eigenvalue weighted by Gasteiger charge is 2.37. The lowest BCUT2D eigenvalue weighted by Gasteiger charge is -2.28. The van der Waals surface area contributed by atoms with Crippen LogP contribution in [0.5, 0.6) is 0 Å². The number of nitrogens with one attached hydrogen (secondary N) is 2.